The lowest BCUT2D eigenvalue weighted by molar-refractivity contribution is -0.136. The van der Waals surface area contributed by atoms with Crippen molar-refractivity contribution in [2.24, 2.45) is 0 Å². The van der Waals surface area contributed by atoms with Crippen LogP contribution in [0.2, 0.25) is 0 Å². The highest BCUT2D eigenvalue weighted by atomic mass is 19.4. The van der Waals surface area contributed by atoms with Gasteiger partial charge in [-0.2, -0.15) is 13.2 Å². The molecule has 2 aromatic heterocycles. The second-order valence-electron chi connectivity index (χ2n) is 5.66. The van der Waals surface area contributed by atoms with Crippen molar-refractivity contribution < 1.29 is 18.3 Å². The summed E-state index contributed by atoms with van der Waals surface area (Å²) in [7, 11) is 0. The molecular formula is C17H15F3N2O. The van der Waals surface area contributed by atoms with Gasteiger partial charge in [-0.3, -0.25) is 4.40 Å². The number of hydrogen-bond donors (Lipinski definition) is 1. The maximum atomic E-state index is 13.2. The normalized spacial score (nSPS) is 12.3. The van der Waals surface area contributed by atoms with Gasteiger partial charge in [0.15, 0.2) is 0 Å². The molecule has 0 atom stereocenters. The van der Waals surface area contributed by atoms with E-state index in [0.717, 1.165) is 6.07 Å². The number of phenols is 1. The molecule has 0 bridgehead atoms. The molecule has 3 aromatic rings. The highest BCUT2D eigenvalue weighted by molar-refractivity contribution is 5.70. The van der Waals surface area contributed by atoms with E-state index in [-0.39, 0.29) is 17.3 Å². The van der Waals surface area contributed by atoms with E-state index in [1.807, 2.05) is 13.8 Å². The quantitative estimate of drug-likeness (QED) is 0.733. The van der Waals surface area contributed by atoms with Crippen LogP contribution in [0, 0.1) is 0 Å². The molecule has 0 saturated carbocycles. The zero-order chi connectivity index (χ0) is 16.8. The first-order chi connectivity index (χ1) is 10.8. The summed E-state index contributed by atoms with van der Waals surface area (Å²) in [6, 6.07) is 8.82. The molecule has 0 aliphatic rings. The van der Waals surface area contributed by atoms with E-state index in [9.17, 15) is 18.3 Å². The van der Waals surface area contributed by atoms with Crippen molar-refractivity contribution in [2.45, 2.75) is 25.9 Å². The Labute approximate surface area is 131 Å². The number of rotatable bonds is 2. The molecule has 1 aromatic carbocycles. The van der Waals surface area contributed by atoms with Crippen LogP contribution in [0.1, 0.15) is 31.0 Å². The Morgan fingerprint density at radius 1 is 1.13 bits per heavy atom. The summed E-state index contributed by atoms with van der Waals surface area (Å²) >= 11 is 0. The van der Waals surface area contributed by atoms with Gasteiger partial charge < -0.3 is 5.11 Å². The Balaban J connectivity index is 2.39. The molecule has 120 valence electrons. The molecule has 23 heavy (non-hydrogen) atoms. The fraction of sp³-hybridized carbons (Fsp3) is 0.235. The average molecular weight is 320 g/mol. The van der Waals surface area contributed by atoms with E-state index >= 15 is 0 Å². The van der Waals surface area contributed by atoms with Gasteiger partial charge in [0.1, 0.15) is 11.4 Å². The lowest BCUT2D eigenvalue weighted by atomic mass is 10.0. The van der Waals surface area contributed by atoms with Crippen molar-refractivity contribution in [2.75, 3.05) is 0 Å². The summed E-state index contributed by atoms with van der Waals surface area (Å²) in [5.41, 5.74) is 0.861. The molecule has 3 rings (SSSR count). The topological polar surface area (TPSA) is 37.5 Å². The molecule has 0 unspecified atom stereocenters. The van der Waals surface area contributed by atoms with Crippen molar-refractivity contribution in [1.29, 1.82) is 0 Å². The van der Waals surface area contributed by atoms with Crippen LogP contribution in [-0.2, 0) is 6.18 Å². The van der Waals surface area contributed by atoms with E-state index < -0.39 is 11.7 Å². The molecule has 0 radical (unpaired) electrons. The lowest BCUT2D eigenvalue weighted by Crippen LogP contribution is -2.07. The number of fused-ring (bicyclic) bond motifs is 1. The van der Waals surface area contributed by atoms with Gasteiger partial charge in [0.2, 0.25) is 0 Å². The van der Waals surface area contributed by atoms with Gasteiger partial charge >= 0.3 is 6.18 Å². The fourth-order valence-electron chi connectivity index (χ4n) is 2.65. The van der Waals surface area contributed by atoms with Crippen molar-refractivity contribution in [1.82, 2.24) is 9.38 Å². The van der Waals surface area contributed by atoms with E-state index in [1.165, 1.54) is 22.6 Å². The number of hydrogen-bond acceptors (Lipinski definition) is 2. The molecule has 6 heteroatoms. The number of phenolic OH excluding ortho intramolecular Hbond substituents is 1. The molecule has 3 nitrogen and oxygen atoms in total. The first-order valence-corrected chi connectivity index (χ1v) is 7.16. The van der Waals surface area contributed by atoms with Gasteiger partial charge in [-0.1, -0.05) is 26.0 Å². The highest BCUT2D eigenvalue weighted by Crippen LogP contribution is 2.37. The SMILES string of the molecule is CC(C)c1nc2c(C(F)(F)F)cccn2c1-c1cccc(O)c1. The predicted octanol–water partition coefficient (Wildman–Crippen LogP) is 4.85. The predicted molar refractivity (Wildman–Crippen MR) is 81.4 cm³/mol. The molecule has 2 heterocycles. The van der Waals surface area contributed by atoms with Crippen LogP contribution >= 0.6 is 0 Å². The fourth-order valence-corrected chi connectivity index (χ4v) is 2.65. The number of benzene rings is 1. The van der Waals surface area contributed by atoms with Gasteiger partial charge in [-0.05, 0) is 30.2 Å². The van der Waals surface area contributed by atoms with Crippen LogP contribution in [0.15, 0.2) is 42.6 Å². The first-order valence-electron chi connectivity index (χ1n) is 7.16. The third kappa shape index (κ3) is 2.65. The molecule has 0 aliphatic heterocycles. The zero-order valence-electron chi connectivity index (χ0n) is 12.6. The molecule has 0 spiro atoms. The number of alkyl halides is 3. The van der Waals surface area contributed by atoms with Crippen LogP contribution in [-0.4, -0.2) is 14.5 Å². The third-order valence-electron chi connectivity index (χ3n) is 3.65. The minimum Gasteiger partial charge on any atom is -0.508 e. The lowest BCUT2D eigenvalue weighted by Gasteiger charge is -2.10. The number of imidazole rings is 1. The van der Waals surface area contributed by atoms with Crippen LogP contribution in [0.5, 0.6) is 5.75 Å². The second kappa shape index (κ2) is 5.30. The highest BCUT2D eigenvalue weighted by Gasteiger charge is 2.35. The Morgan fingerprint density at radius 2 is 1.87 bits per heavy atom. The molecular weight excluding hydrogens is 305 g/mol. The van der Waals surface area contributed by atoms with Crippen molar-refractivity contribution in [3.8, 4) is 17.0 Å². The monoisotopic (exact) mass is 320 g/mol. The standard InChI is InChI=1S/C17H15F3N2O/c1-10(2)14-15(11-5-3-6-12(23)9-11)22-8-4-7-13(16(22)21-14)17(18,19)20/h3-10,23H,1-2H3. The average Bonchev–Trinajstić information content (AvgIpc) is 2.85. The van der Waals surface area contributed by atoms with Gasteiger partial charge in [0.05, 0.1) is 17.0 Å². The summed E-state index contributed by atoms with van der Waals surface area (Å²) in [5, 5.41) is 9.69. The summed E-state index contributed by atoms with van der Waals surface area (Å²) in [6.45, 7) is 3.75. The summed E-state index contributed by atoms with van der Waals surface area (Å²) in [4.78, 5) is 4.25. The summed E-state index contributed by atoms with van der Waals surface area (Å²) in [5.74, 6) is -0.00698. The Morgan fingerprint density at radius 3 is 2.48 bits per heavy atom. The maximum absolute atomic E-state index is 13.2. The van der Waals surface area contributed by atoms with Crippen molar-refractivity contribution >= 4 is 5.65 Å². The van der Waals surface area contributed by atoms with E-state index in [0.29, 0.717) is 17.0 Å². The van der Waals surface area contributed by atoms with Crippen molar-refractivity contribution in [3.05, 3.63) is 53.9 Å². The zero-order valence-corrected chi connectivity index (χ0v) is 12.6. The molecule has 0 saturated heterocycles. The number of aromatic hydroxyl groups is 1. The Kier molecular flexibility index (Phi) is 3.55. The van der Waals surface area contributed by atoms with Gasteiger partial charge in [0.25, 0.3) is 0 Å². The first kappa shape index (κ1) is 15.4. The van der Waals surface area contributed by atoms with Crippen molar-refractivity contribution in [3.63, 3.8) is 0 Å². The molecule has 0 aliphatic carbocycles. The van der Waals surface area contributed by atoms with E-state index in [4.69, 9.17) is 0 Å². The summed E-state index contributed by atoms with van der Waals surface area (Å²) < 4.78 is 41.1. The number of pyridine rings is 1. The van der Waals surface area contributed by atoms with Crippen LogP contribution in [0.3, 0.4) is 0 Å². The van der Waals surface area contributed by atoms with Crippen LogP contribution < -0.4 is 0 Å². The van der Waals surface area contributed by atoms with Crippen LogP contribution in [0.25, 0.3) is 16.9 Å². The molecule has 0 fully saturated rings. The molecule has 1 N–H and O–H groups in total. The van der Waals surface area contributed by atoms with Crippen LogP contribution in [0.4, 0.5) is 13.2 Å². The summed E-state index contributed by atoms with van der Waals surface area (Å²) in [6.07, 6.45) is -2.92. The second-order valence-corrected chi connectivity index (χ2v) is 5.66. The third-order valence-corrected chi connectivity index (χ3v) is 3.65. The number of aromatic nitrogens is 2. The molecule has 0 amide bonds. The number of nitrogens with zero attached hydrogens (tertiary/aromatic N) is 2. The van der Waals surface area contributed by atoms with Gasteiger partial charge in [-0.15, -0.1) is 0 Å². The van der Waals surface area contributed by atoms with Gasteiger partial charge in [-0.25, -0.2) is 4.98 Å². The minimum atomic E-state index is -4.47. The van der Waals surface area contributed by atoms with E-state index in [1.54, 1.807) is 18.3 Å². The van der Waals surface area contributed by atoms with Gasteiger partial charge in [0, 0.05) is 11.8 Å². The smallest absolute Gasteiger partial charge is 0.419 e. The number of halogens is 3. The largest absolute Gasteiger partial charge is 0.508 e. The maximum Gasteiger partial charge on any atom is 0.419 e. The Bertz CT molecular complexity index is 866. The Hall–Kier alpha value is -2.50. The minimum absolute atomic E-state index is 0.0548. The van der Waals surface area contributed by atoms with E-state index in [2.05, 4.69) is 4.98 Å².